The molecule has 5 aromatic rings. The molecular weight excluding hydrogens is 1100 g/mol. The average Bonchev–Trinajstić information content (AvgIpc) is 3.30. The van der Waals surface area contributed by atoms with E-state index in [0.29, 0.717) is 128 Å². The number of benzene rings is 4. The molecule has 2 saturated carbocycles. The van der Waals surface area contributed by atoms with Gasteiger partial charge in [0, 0.05) is 30.7 Å². The molecule has 7 rings (SSSR count). The smallest absolute Gasteiger partial charge is 0.330 e. The first-order valence-electron chi connectivity index (χ1n) is 28.4. The Bertz CT molecular complexity index is 3090. The van der Waals surface area contributed by atoms with E-state index in [9.17, 15) is 38.9 Å². The number of hydrogen-bond acceptors (Lipinski definition) is 20. The summed E-state index contributed by atoms with van der Waals surface area (Å²) >= 11 is 1.29. The van der Waals surface area contributed by atoms with Crippen molar-refractivity contribution in [2.45, 2.75) is 109 Å². The summed E-state index contributed by atoms with van der Waals surface area (Å²) in [6.45, 7) is 8.61. The van der Waals surface area contributed by atoms with E-state index in [1.54, 1.807) is 66.7 Å². The van der Waals surface area contributed by atoms with Crippen molar-refractivity contribution in [2.24, 2.45) is 33.9 Å². The lowest BCUT2D eigenvalue weighted by Gasteiger charge is -2.26. The number of carbonyl (C=O) groups is 6. The van der Waals surface area contributed by atoms with Gasteiger partial charge in [-0.25, -0.2) is 14.6 Å². The van der Waals surface area contributed by atoms with Crippen LogP contribution in [0.4, 0.5) is 5.69 Å². The average molecular weight is 1170 g/mol. The van der Waals surface area contributed by atoms with Gasteiger partial charge in [0.25, 0.3) is 5.69 Å². The van der Waals surface area contributed by atoms with E-state index in [0.717, 1.165) is 69.1 Å². The minimum Gasteiger partial charge on any atom is -0.494 e. The molecule has 20 nitrogen and oxygen atoms in total. The first-order valence-corrected chi connectivity index (χ1v) is 29.3. The molecule has 0 atom stereocenters. The summed E-state index contributed by atoms with van der Waals surface area (Å²) in [5, 5.41) is 19.8. The summed E-state index contributed by atoms with van der Waals surface area (Å²) in [6, 6.07) is 23.1. The summed E-state index contributed by atoms with van der Waals surface area (Å²) in [6.07, 6.45) is 16.0. The second-order valence-corrected chi connectivity index (χ2v) is 21.3. The zero-order valence-corrected chi connectivity index (χ0v) is 47.7. The fraction of sp³-hybridized carbons (Fsp3) is 0.413. The molecule has 2 aliphatic rings. The van der Waals surface area contributed by atoms with Gasteiger partial charge < -0.3 is 37.9 Å². The monoisotopic (exact) mass is 1170 g/mol. The predicted octanol–water partition coefficient (Wildman–Crippen LogP) is 11.8. The number of unbranched alkanes of at least 4 members (excludes halogenated alkanes) is 6. The third-order valence-corrected chi connectivity index (χ3v) is 15.4. The fourth-order valence-electron chi connectivity index (χ4n) is 9.52. The lowest BCUT2D eigenvalue weighted by Crippen LogP contribution is -2.30. The number of thiazole rings is 1. The number of hydrogen-bond donors (Lipinski definition) is 0. The zero-order chi connectivity index (χ0) is 59.5. The molecule has 2 aliphatic carbocycles. The molecule has 0 saturated heterocycles. The highest BCUT2D eigenvalue weighted by Gasteiger charge is 2.34. The van der Waals surface area contributed by atoms with Gasteiger partial charge in [-0.3, -0.25) is 29.3 Å². The number of nitro benzene ring substituents is 1. The van der Waals surface area contributed by atoms with Crippen LogP contribution in [-0.2, 0) is 49.4 Å². The summed E-state index contributed by atoms with van der Waals surface area (Å²) < 4.78 is 45.5. The first-order chi connectivity index (χ1) is 40.8. The van der Waals surface area contributed by atoms with Crippen molar-refractivity contribution < 1.29 is 71.6 Å². The Hall–Kier alpha value is -8.59. The number of ether oxygens (including phenoxy) is 8. The maximum Gasteiger partial charge on any atom is 0.330 e. The summed E-state index contributed by atoms with van der Waals surface area (Å²) in [5.41, 5.74) is 1.75. The van der Waals surface area contributed by atoms with Gasteiger partial charge in [0.15, 0.2) is 5.75 Å². The SMILES string of the molecule is C=CC(=O)OCCCCCCOc1ccc(OC(=O)C2CCC(C(=O)OCCc3ccc(OC(=O)C4CCC(C(=O)Oc5ccc(OCCCCCCOC(=O)C=C)cc5)CC4)c4nc(/C=N\N=C\c5ccc([N+](=O)[O-])cc5)sc34)CC2)cc1. The van der Waals surface area contributed by atoms with Crippen LogP contribution in [0.25, 0.3) is 10.2 Å². The Balaban J connectivity index is 0.864. The van der Waals surface area contributed by atoms with Crippen LogP contribution in [0, 0.1) is 33.8 Å². The fourth-order valence-corrected chi connectivity index (χ4v) is 10.5. The van der Waals surface area contributed by atoms with E-state index < -0.39 is 34.7 Å². The van der Waals surface area contributed by atoms with Crippen molar-refractivity contribution in [3.63, 3.8) is 0 Å². The molecule has 4 aromatic carbocycles. The van der Waals surface area contributed by atoms with Gasteiger partial charge in [-0.2, -0.15) is 10.2 Å². The summed E-state index contributed by atoms with van der Waals surface area (Å²) in [7, 11) is 0. The zero-order valence-electron chi connectivity index (χ0n) is 46.9. The van der Waals surface area contributed by atoms with E-state index >= 15 is 0 Å². The van der Waals surface area contributed by atoms with E-state index in [-0.39, 0.29) is 47.8 Å². The second kappa shape index (κ2) is 33.5. The number of carbonyl (C=O) groups excluding carboxylic acids is 6. The lowest BCUT2D eigenvalue weighted by molar-refractivity contribution is -0.384. The quantitative estimate of drug-likeness (QED) is 0.00566. The molecule has 1 heterocycles. The largest absolute Gasteiger partial charge is 0.494 e. The number of nitro groups is 1. The number of fused-ring (bicyclic) bond motifs is 1. The molecule has 1 aromatic heterocycles. The Morgan fingerprint density at radius 1 is 0.524 bits per heavy atom. The van der Waals surface area contributed by atoms with Gasteiger partial charge in [0.05, 0.1) is 78.8 Å². The molecule has 0 unspecified atom stereocenters. The second-order valence-electron chi connectivity index (χ2n) is 20.3. The molecule has 84 heavy (non-hydrogen) atoms. The topological polar surface area (TPSA) is 257 Å². The van der Waals surface area contributed by atoms with Crippen molar-refractivity contribution in [1.29, 1.82) is 0 Å². The molecule has 2 fully saturated rings. The number of non-ortho nitro benzene ring substituents is 1. The number of esters is 6. The molecule has 0 aliphatic heterocycles. The Morgan fingerprint density at radius 2 is 0.964 bits per heavy atom. The highest BCUT2D eigenvalue weighted by Crippen LogP contribution is 2.37. The van der Waals surface area contributed by atoms with Gasteiger partial charge in [-0.1, -0.05) is 19.2 Å². The molecule has 21 heteroatoms. The lowest BCUT2D eigenvalue weighted by atomic mass is 9.82. The molecular formula is C63H70N4O16S. The Morgan fingerprint density at radius 3 is 1.44 bits per heavy atom. The van der Waals surface area contributed by atoms with Crippen molar-refractivity contribution in [2.75, 3.05) is 33.0 Å². The predicted molar refractivity (Wildman–Crippen MR) is 313 cm³/mol. The summed E-state index contributed by atoms with van der Waals surface area (Å²) in [4.78, 5) is 91.1. The Labute approximate surface area is 491 Å². The van der Waals surface area contributed by atoms with Crippen LogP contribution in [-0.4, -0.2) is 91.2 Å². The van der Waals surface area contributed by atoms with Crippen LogP contribution in [0.3, 0.4) is 0 Å². The van der Waals surface area contributed by atoms with E-state index in [1.165, 1.54) is 35.9 Å². The van der Waals surface area contributed by atoms with Gasteiger partial charge in [-0.05, 0) is 181 Å². The van der Waals surface area contributed by atoms with Gasteiger partial charge in [0.1, 0.15) is 33.5 Å². The number of aromatic nitrogens is 1. The van der Waals surface area contributed by atoms with Crippen molar-refractivity contribution >= 4 is 75.5 Å². The van der Waals surface area contributed by atoms with Crippen molar-refractivity contribution in [1.82, 2.24) is 4.98 Å². The maximum atomic E-state index is 13.7. The van der Waals surface area contributed by atoms with E-state index in [2.05, 4.69) is 23.4 Å². The van der Waals surface area contributed by atoms with E-state index in [4.69, 9.17) is 42.9 Å². The van der Waals surface area contributed by atoms with Crippen LogP contribution >= 0.6 is 11.3 Å². The normalized spacial score (nSPS) is 16.8. The van der Waals surface area contributed by atoms with Crippen LogP contribution in [0.2, 0.25) is 0 Å². The number of rotatable bonds is 32. The minimum absolute atomic E-state index is 0.0502. The molecule has 0 N–H and O–H groups in total. The first kappa shape index (κ1) is 63.0. The van der Waals surface area contributed by atoms with Crippen molar-refractivity contribution in [3.05, 3.63) is 136 Å². The standard InChI is InChI=1S/C63H70N4O16S/c1-3-56(68)78-38-11-7-5-9-36-76-50-26-30-52(31-27-50)81-61(71)46-17-15-45(16-18-46)60(70)80-40-35-44-23-34-54(58-59(44)84-55(66-58)42-65-64-41-43-13-24-49(25-14-43)67(74)75)83-63(73)48-21-19-47(20-22-48)62(72)82-53-32-28-51(29-33-53)77-37-10-6-8-12-39-79-57(69)4-2/h3-4,13-14,23-34,41-42,45-48H,1-2,5-12,15-22,35-40H2/b64-41+,65-42-. The molecule has 0 amide bonds. The maximum absolute atomic E-state index is 13.7. The van der Waals surface area contributed by atoms with Gasteiger partial charge in [0.2, 0.25) is 0 Å². The molecule has 0 bridgehead atoms. The molecule has 0 radical (unpaired) electrons. The third-order valence-electron chi connectivity index (χ3n) is 14.3. The van der Waals surface area contributed by atoms with E-state index in [1.807, 2.05) is 6.07 Å². The van der Waals surface area contributed by atoms with Gasteiger partial charge in [-0.15, -0.1) is 11.3 Å². The molecule has 444 valence electrons. The Kier molecular flexibility index (Phi) is 25.1. The molecule has 0 spiro atoms. The number of nitrogens with zero attached hydrogens (tertiary/aromatic N) is 4. The highest BCUT2D eigenvalue weighted by atomic mass is 32.1. The van der Waals surface area contributed by atoms with Crippen LogP contribution in [0.15, 0.2) is 120 Å². The summed E-state index contributed by atoms with van der Waals surface area (Å²) in [5.74, 6) is -1.60. The van der Waals surface area contributed by atoms with Crippen molar-refractivity contribution in [3.8, 4) is 28.7 Å². The highest BCUT2D eigenvalue weighted by molar-refractivity contribution is 7.20. The van der Waals surface area contributed by atoms with Crippen LogP contribution < -0.4 is 23.7 Å². The third kappa shape index (κ3) is 20.4. The minimum atomic E-state index is -0.488. The van der Waals surface area contributed by atoms with Crippen LogP contribution in [0.5, 0.6) is 28.7 Å². The van der Waals surface area contributed by atoms with Gasteiger partial charge >= 0.3 is 35.8 Å². The van der Waals surface area contributed by atoms with Crippen LogP contribution in [0.1, 0.15) is 119 Å².